The van der Waals surface area contributed by atoms with Gasteiger partial charge in [-0.1, -0.05) is 6.92 Å². The van der Waals surface area contributed by atoms with Crippen LogP contribution in [-0.2, 0) is 4.79 Å². The van der Waals surface area contributed by atoms with Crippen molar-refractivity contribution in [1.29, 1.82) is 0 Å². The SMILES string of the molecule is C[C@@H](C[C@](N)(C=O)CO)C(F)(F)F. The number of nitrogens with two attached hydrogens (primary N) is 1. The van der Waals surface area contributed by atoms with E-state index in [1.807, 2.05) is 0 Å². The van der Waals surface area contributed by atoms with Gasteiger partial charge in [0.25, 0.3) is 0 Å². The van der Waals surface area contributed by atoms with Crippen LogP contribution in [-0.4, -0.2) is 29.7 Å². The molecule has 3 nitrogen and oxygen atoms in total. The monoisotopic (exact) mass is 199 g/mol. The fourth-order valence-corrected chi connectivity index (χ4v) is 0.836. The molecule has 0 unspecified atom stereocenters. The summed E-state index contributed by atoms with van der Waals surface area (Å²) in [5.41, 5.74) is 3.39. The molecule has 0 saturated heterocycles. The Kier molecular flexibility index (Phi) is 3.87. The number of carbonyl (C=O) groups is 1. The molecule has 0 aromatic carbocycles. The maximum atomic E-state index is 12.0. The first-order valence-corrected chi connectivity index (χ1v) is 3.68. The number of carbonyl (C=O) groups excluding carboxylic acids is 1. The van der Waals surface area contributed by atoms with E-state index in [1.165, 1.54) is 0 Å². The van der Waals surface area contributed by atoms with E-state index in [9.17, 15) is 18.0 Å². The van der Waals surface area contributed by atoms with Gasteiger partial charge in [-0.05, 0) is 6.42 Å². The van der Waals surface area contributed by atoms with E-state index in [2.05, 4.69) is 0 Å². The van der Waals surface area contributed by atoms with E-state index in [4.69, 9.17) is 10.8 Å². The number of halogens is 3. The molecule has 0 bridgehead atoms. The summed E-state index contributed by atoms with van der Waals surface area (Å²) in [5, 5.41) is 8.58. The van der Waals surface area contributed by atoms with Gasteiger partial charge in [-0.25, -0.2) is 0 Å². The largest absolute Gasteiger partial charge is 0.394 e. The van der Waals surface area contributed by atoms with Crippen LogP contribution in [0, 0.1) is 5.92 Å². The first kappa shape index (κ1) is 12.4. The van der Waals surface area contributed by atoms with Gasteiger partial charge in [-0.15, -0.1) is 0 Å². The molecule has 13 heavy (non-hydrogen) atoms. The quantitative estimate of drug-likeness (QED) is 0.646. The zero-order chi connectivity index (χ0) is 10.7. The highest BCUT2D eigenvalue weighted by Gasteiger charge is 2.40. The lowest BCUT2D eigenvalue weighted by molar-refractivity contribution is -0.175. The third-order valence-electron chi connectivity index (χ3n) is 1.77. The van der Waals surface area contributed by atoms with Crippen LogP contribution in [0.2, 0.25) is 0 Å². The highest BCUT2D eigenvalue weighted by molar-refractivity contribution is 5.63. The first-order chi connectivity index (χ1) is 5.75. The van der Waals surface area contributed by atoms with E-state index < -0.39 is 30.7 Å². The van der Waals surface area contributed by atoms with Crippen molar-refractivity contribution in [2.75, 3.05) is 6.61 Å². The van der Waals surface area contributed by atoms with Crippen LogP contribution in [0.1, 0.15) is 13.3 Å². The average molecular weight is 199 g/mol. The molecule has 78 valence electrons. The highest BCUT2D eigenvalue weighted by atomic mass is 19.4. The third kappa shape index (κ3) is 3.73. The third-order valence-corrected chi connectivity index (χ3v) is 1.77. The van der Waals surface area contributed by atoms with Crippen LogP contribution >= 0.6 is 0 Å². The lowest BCUT2D eigenvalue weighted by atomic mass is 9.91. The van der Waals surface area contributed by atoms with Gasteiger partial charge in [0.1, 0.15) is 6.29 Å². The summed E-state index contributed by atoms with van der Waals surface area (Å²) in [4.78, 5) is 10.3. The second kappa shape index (κ2) is 4.06. The van der Waals surface area contributed by atoms with Crippen molar-refractivity contribution in [3.05, 3.63) is 0 Å². The van der Waals surface area contributed by atoms with E-state index >= 15 is 0 Å². The van der Waals surface area contributed by atoms with Crippen molar-refractivity contribution in [1.82, 2.24) is 0 Å². The summed E-state index contributed by atoms with van der Waals surface area (Å²) < 4.78 is 36.0. The predicted molar refractivity (Wildman–Crippen MR) is 39.9 cm³/mol. The van der Waals surface area contributed by atoms with Crippen LogP contribution in [0.3, 0.4) is 0 Å². The Hall–Kier alpha value is -0.620. The fraction of sp³-hybridized carbons (Fsp3) is 0.857. The van der Waals surface area contributed by atoms with E-state index in [0.29, 0.717) is 0 Å². The van der Waals surface area contributed by atoms with Gasteiger partial charge in [0.15, 0.2) is 0 Å². The Morgan fingerprint density at radius 3 is 2.23 bits per heavy atom. The molecule has 0 fully saturated rings. The molecule has 2 atom stereocenters. The van der Waals surface area contributed by atoms with Crippen LogP contribution < -0.4 is 5.73 Å². The number of aliphatic hydroxyl groups excluding tert-OH is 1. The van der Waals surface area contributed by atoms with Crippen molar-refractivity contribution < 1.29 is 23.1 Å². The molecule has 0 amide bonds. The molecule has 0 spiro atoms. The lowest BCUT2D eigenvalue weighted by Crippen LogP contribution is -2.48. The Morgan fingerprint density at radius 1 is 1.54 bits per heavy atom. The number of aldehydes is 1. The summed E-state index contributed by atoms with van der Waals surface area (Å²) in [6, 6.07) is 0. The summed E-state index contributed by atoms with van der Waals surface area (Å²) in [6.07, 6.45) is -4.84. The Balaban J connectivity index is 4.34. The maximum absolute atomic E-state index is 12.0. The summed E-state index contributed by atoms with van der Waals surface area (Å²) in [5.74, 6) is -1.70. The Morgan fingerprint density at radius 2 is 2.00 bits per heavy atom. The van der Waals surface area contributed by atoms with Gasteiger partial charge in [0.05, 0.1) is 18.1 Å². The minimum absolute atomic E-state index is 0.148. The van der Waals surface area contributed by atoms with Gasteiger partial charge < -0.3 is 15.6 Å². The van der Waals surface area contributed by atoms with Gasteiger partial charge in [0.2, 0.25) is 0 Å². The van der Waals surface area contributed by atoms with Crippen molar-refractivity contribution in [2.45, 2.75) is 25.1 Å². The average Bonchev–Trinajstić information content (AvgIpc) is 2.02. The summed E-state index contributed by atoms with van der Waals surface area (Å²) in [6.45, 7) is 0.137. The molecule has 0 aliphatic carbocycles. The second-order valence-electron chi connectivity index (χ2n) is 3.16. The number of alkyl halides is 3. The van der Waals surface area contributed by atoms with Gasteiger partial charge >= 0.3 is 6.18 Å². The predicted octanol–water partition coefficient (Wildman–Crippen LogP) is 0.464. The van der Waals surface area contributed by atoms with Crippen molar-refractivity contribution in [3.8, 4) is 0 Å². The van der Waals surface area contributed by atoms with Crippen molar-refractivity contribution in [3.63, 3.8) is 0 Å². The molecule has 3 N–H and O–H groups in total. The molecule has 0 aromatic rings. The summed E-state index contributed by atoms with van der Waals surface area (Å²) in [7, 11) is 0. The fourth-order valence-electron chi connectivity index (χ4n) is 0.836. The van der Waals surface area contributed by atoms with Crippen molar-refractivity contribution >= 4 is 6.29 Å². The van der Waals surface area contributed by atoms with Crippen LogP contribution in [0.5, 0.6) is 0 Å². The number of hydrogen-bond donors (Lipinski definition) is 2. The van der Waals surface area contributed by atoms with Crippen molar-refractivity contribution in [2.24, 2.45) is 11.7 Å². The van der Waals surface area contributed by atoms with Gasteiger partial charge in [-0.2, -0.15) is 13.2 Å². The normalized spacial score (nSPS) is 19.2. The van der Waals surface area contributed by atoms with Crippen LogP contribution in [0.15, 0.2) is 0 Å². The standard InChI is InChI=1S/C7H12F3NO2/c1-5(7(8,9)10)2-6(11,3-12)4-13/h3,5,13H,2,4,11H2,1H3/t5-,6-/m0/s1. The van der Waals surface area contributed by atoms with E-state index in [1.54, 1.807) is 0 Å². The molecule has 0 rings (SSSR count). The van der Waals surface area contributed by atoms with Crippen LogP contribution in [0.4, 0.5) is 13.2 Å². The second-order valence-corrected chi connectivity index (χ2v) is 3.16. The minimum atomic E-state index is -4.39. The molecule has 0 radical (unpaired) electrons. The van der Waals surface area contributed by atoms with Gasteiger partial charge in [0, 0.05) is 0 Å². The highest BCUT2D eigenvalue weighted by Crippen LogP contribution is 2.30. The lowest BCUT2D eigenvalue weighted by Gasteiger charge is -2.25. The Bertz CT molecular complexity index is 183. The molecule has 0 saturated carbocycles. The maximum Gasteiger partial charge on any atom is 0.391 e. The topological polar surface area (TPSA) is 63.3 Å². The van der Waals surface area contributed by atoms with E-state index in [-0.39, 0.29) is 6.29 Å². The molecule has 6 heteroatoms. The number of aliphatic hydroxyl groups is 1. The molecular formula is C7H12F3NO2. The Labute approximate surface area is 73.7 Å². The summed E-state index contributed by atoms with van der Waals surface area (Å²) >= 11 is 0. The molecular weight excluding hydrogens is 187 g/mol. The number of rotatable bonds is 4. The van der Waals surface area contributed by atoms with Crippen LogP contribution in [0.25, 0.3) is 0 Å². The smallest absolute Gasteiger partial charge is 0.391 e. The minimum Gasteiger partial charge on any atom is -0.394 e. The molecule has 0 heterocycles. The molecule has 0 aliphatic heterocycles. The van der Waals surface area contributed by atoms with E-state index in [0.717, 1.165) is 6.92 Å². The molecule has 0 aliphatic rings. The molecule has 0 aromatic heterocycles. The number of hydrogen-bond acceptors (Lipinski definition) is 3. The van der Waals surface area contributed by atoms with Gasteiger partial charge in [-0.3, -0.25) is 0 Å². The first-order valence-electron chi connectivity index (χ1n) is 3.68. The zero-order valence-corrected chi connectivity index (χ0v) is 7.14. The zero-order valence-electron chi connectivity index (χ0n) is 7.14.